The standard InChI is InChI=1S/C17H21O9P/c1-20-9-15-17(14(21-2)10-23-15)26-27(19,22-3)25-12-6-4-11-5-7-16(18)24-13(11)8-12/h4-8,14-15,17H,9-10H2,1-3H3/t14?,15-,17?,27?/m1/s1. The Morgan fingerprint density at radius 2 is 1.96 bits per heavy atom. The molecule has 1 aliphatic heterocycles. The van der Waals surface area contributed by atoms with E-state index in [9.17, 15) is 9.36 Å². The largest absolute Gasteiger partial charge is 0.530 e. The Labute approximate surface area is 155 Å². The van der Waals surface area contributed by atoms with Crippen molar-refractivity contribution in [3.8, 4) is 5.75 Å². The Hall–Kier alpha value is -1.74. The monoisotopic (exact) mass is 400 g/mol. The van der Waals surface area contributed by atoms with E-state index in [2.05, 4.69) is 0 Å². The normalized spacial score (nSPS) is 24.8. The van der Waals surface area contributed by atoms with Crippen LogP contribution in [0.5, 0.6) is 5.75 Å². The summed E-state index contributed by atoms with van der Waals surface area (Å²) in [7, 11) is 0.232. The maximum atomic E-state index is 13.0. The lowest BCUT2D eigenvalue weighted by Gasteiger charge is -2.25. The fourth-order valence-electron chi connectivity index (χ4n) is 2.77. The minimum absolute atomic E-state index is 0.165. The average molecular weight is 400 g/mol. The summed E-state index contributed by atoms with van der Waals surface area (Å²) in [6.45, 7) is 0.495. The van der Waals surface area contributed by atoms with Crippen LogP contribution < -0.4 is 10.1 Å². The summed E-state index contributed by atoms with van der Waals surface area (Å²) in [4.78, 5) is 11.4. The molecule has 4 atom stereocenters. The first-order valence-corrected chi connectivity index (χ1v) is 9.65. The highest BCUT2D eigenvalue weighted by Gasteiger charge is 2.44. The van der Waals surface area contributed by atoms with Gasteiger partial charge in [-0.15, -0.1) is 0 Å². The summed E-state index contributed by atoms with van der Waals surface area (Å²) < 4.78 is 50.3. The highest BCUT2D eigenvalue weighted by molar-refractivity contribution is 7.48. The second-order valence-electron chi connectivity index (χ2n) is 5.85. The highest BCUT2D eigenvalue weighted by atomic mass is 31.2. The third-order valence-corrected chi connectivity index (χ3v) is 5.51. The number of hydrogen-bond donors (Lipinski definition) is 0. The SMILES string of the molecule is COC[C@H]1OCC(OC)C1OP(=O)(OC)Oc1ccc2ccc(=O)oc2c1. The van der Waals surface area contributed by atoms with Crippen molar-refractivity contribution >= 4 is 18.8 Å². The number of benzene rings is 1. The molecule has 1 aromatic heterocycles. The van der Waals surface area contributed by atoms with Crippen LogP contribution in [0.25, 0.3) is 11.0 Å². The first kappa shape index (κ1) is 20.0. The molecule has 1 aliphatic rings. The molecule has 2 heterocycles. The van der Waals surface area contributed by atoms with E-state index in [4.69, 9.17) is 32.2 Å². The molecule has 3 unspecified atom stereocenters. The lowest BCUT2D eigenvalue weighted by Crippen LogP contribution is -2.36. The van der Waals surface area contributed by atoms with E-state index in [1.807, 2.05) is 0 Å². The van der Waals surface area contributed by atoms with Crippen LogP contribution >= 0.6 is 7.82 Å². The van der Waals surface area contributed by atoms with E-state index >= 15 is 0 Å². The Morgan fingerprint density at radius 3 is 2.67 bits per heavy atom. The molecule has 0 amide bonds. The molecule has 0 radical (unpaired) electrons. The Bertz CT molecular complexity index is 880. The minimum atomic E-state index is -4.01. The van der Waals surface area contributed by atoms with E-state index in [-0.39, 0.29) is 19.0 Å². The minimum Gasteiger partial charge on any atom is -0.423 e. The molecule has 0 N–H and O–H groups in total. The first-order chi connectivity index (χ1) is 13.0. The van der Waals surface area contributed by atoms with Gasteiger partial charge < -0.3 is 23.2 Å². The molecule has 0 spiro atoms. The van der Waals surface area contributed by atoms with Crippen LogP contribution in [0.15, 0.2) is 39.5 Å². The molecule has 0 saturated carbocycles. The molecule has 148 valence electrons. The van der Waals surface area contributed by atoms with E-state index in [1.54, 1.807) is 18.2 Å². The smallest absolute Gasteiger partial charge is 0.423 e. The fraction of sp³-hybridized carbons (Fsp3) is 0.471. The van der Waals surface area contributed by atoms with Crippen molar-refractivity contribution in [2.45, 2.75) is 18.3 Å². The zero-order valence-electron chi connectivity index (χ0n) is 15.2. The van der Waals surface area contributed by atoms with Gasteiger partial charge in [-0.2, -0.15) is 0 Å². The summed E-state index contributed by atoms with van der Waals surface area (Å²) >= 11 is 0. The lowest BCUT2D eigenvalue weighted by atomic mass is 10.1. The van der Waals surface area contributed by atoms with Crippen LogP contribution in [-0.2, 0) is 27.8 Å². The van der Waals surface area contributed by atoms with Gasteiger partial charge in [0.25, 0.3) is 0 Å². The maximum absolute atomic E-state index is 13.0. The maximum Gasteiger partial charge on any atom is 0.530 e. The zero-order valence-corrected chi connectivity index (χ0v) is 16.0. The predicted octanol–water partition coefficient (Wildman–Crippen LogP) is 2.37. The van der Waals surface area contributed by atoms with Gasteiger partial charge in [-0.1, -0.05) is 0 Å². The number of hydrogen-bond acceptors (Lipinski definition) is 9. The first-order valence-electron chi connectivity index (χ1n) is 8.19. The molecule has 10 heteroatoms. The van der Waals surface area contributed by atoms with Gasteiger partial charge in [-0.3, -0.25) is 9.05 Å². The van der Waals surface area contributed by atoms with Crippen molar-refractivity contribution < 1.29 is 36.8 Å². The number of phosphoric ester groups is 1. The third-order valence-electron chi connectivity index (χ3n) is 4.13. The van der Waals surface area contributed by atoms with Crippen LogP contribution in [0.3, 0.4) is 0 Å². The van der Waals surface area contributed by atoms with Gasteiger partial charge in [-0.05, 0) is 18.2 Å². The summed E-state index contributed by atoms with van der Waals surface area (Å²) in [6, 6.07) is 7.61. The number of phosphoric acid groups is 1. The second kappa shape index (κ2) is 8.52. The van der Waals surface area contributed by atoms with Crippen molar-refractivity contribution in [3.05, 3.63) is 40.8 Å². The summed E-state index contributed by atoms with van der Waals surface area (Å²) in [5, 5.41) is 0.693. The number of ether oxygens (including phenoxy) is 3. The Morgan fingerprint density at radius 1 is 1.19 bits per heavy atom. The zero-order chi connectivity index (χ0) is 19.4. The molecule has 1 fully saturated rings. The van der Waals surface area contributed by atoms with Gasteiger partial charge in [-0.25, -0.2) is 9.36 Å². The quantitative estimate of drug-likeness (QED) is 0.488. The molecule has 2 aromatic rings. The molecule has 3 rings (SSSR count). The van der Waals surface area contributed by atoms with E-state index in [0.29, 0.717) is 11.0 Å². The van der Waals surface area contributed by atoms with Crippen LogP contribution in [0.2, 0.25) is 0 Å². The topological polar surface area (TPSA) is 103 Å². The molecule has 0 aliphatic carbocycles. The lowest BCUT2D eigenvalue weighted by molar-refractivity contribution is -0.0236. The van der Waals surface area contributed by atoms with Crippen molar-refractivity contribution in [1.82, 2.24) is 0 Å². The summed E-state index contributed by atoms with van der Waals surface area (Å²) in [5.74, 6) is 0.165. The molecule has 1 aromatic carbocycles. The summed E-state index contributed by atoms with van der Waals surface area (Å²) in [5.41, 5.74) is -0.210. The highest BCUT2D eigenvalue weighted by Crippen LogP contribution is 2.51. The van der Waals surface area contributed by atoms with Crippen molar-refractivity contribution in [2.24, 2.45) is 0 Å². The van der Waals surface area contributed by atoms with Gasteiger partial charge in [0.15, 0.2) is 0 Å². The second-order valence-corrected chi connectivity index (χ2v) is 7.50. The molecular formula is C17H21O9P. The van der Waals surface area contributed by atoms with E-state index < -0.39 is 31.8 Å². The van der Waals surface area contributed by atoms with Crippen LogP contribution in [0, 0.1) is 0 Å². The van der Waals surface area contributed by atoms with E-state index in [0.717, 1.165) is 0 Å². The van der Waals surface area contributed by atoms with Gasteiger partial charge in [0.05, 0.1) is 13.2 Å². The third kappa shape index (κ3) is 4.57. The van der Waals surface area contributed by atoms with Crippen molar-refractivity contribution in [2.75, 3.05) is 34.5 Å². The average Bonchev–Trinajstić information content (AvgIpc) is 3.03. The molecule has 27 heavy (non-hydrogen) atoms. The Balaban J connectivity index is 1.82. The van der Waals surface area contributed by atoms with Gasteiger partial charge in [0, 0.05) is 38.8 Å². The molecule has 1 saturated heterocycles. The number of fused-ring (bicyclic) bond motifs is 1. The van der Waals surface area contributed by atoms with Gasteiger partial charge in [0.1, 0.15) is 29.6 Å². The molecule has 9 nitrogen and oxygen atoms in total. The van der Waals surface area contributed by atoms with Crippen molar-refractivity contribution in [3.63, 3.8) is 0 Å². The van der Waals surface area contributed by atoms with Crippen LogP contribution in [-0.4, -0.2) is 52.9 Å². The van der Waals surface area contributed by atoms with Crippen molar-refractivity contribution in [1.29, 1.82) is 0 Å². The van der Waals surface area contributed by atoms with E-state index in [1.165, 1.54) is 33.5 Å². The summed E-state index contributed by atoms with van der Waals surface area (Å²) in [6.07, 6.45) is -1.65. The van der Waals surface area contributed by atoms with Crippen LogP contribution in [0.4, 0.5) is 0 Å². The molecule has 0 bridgehead atoms. The van der Waals surface area contributed by atoms with Gasteiger partial charge in [0.2, 0.25) is 0 Å². The predicted molar refractivity (Wildman–Crippen MR) is 95.0 cm³/mol. The number of rotatable bonds is 8. The molecular weight excluding hydrogens is 379 g/mol. The fourth-order valence-corrected chi connectivity index (χ4v) is 3.92. The number of methoxy groups -OCH3 is 2. The Kier molecular flexibility index (Phi) is 6.31. The van der Waals surface area contributed by atoms with Crippen LogP contribution in [0.1, 0.15) is 0 Å². The van der Waals surface area contributed by atoms with Gasteiger partial charge >= 0.3 is 13.4 Å².